The number of carbonyl (C=O) groups is 1. The average Bonchev–Trinajstić information content (AvgIpc) is 2.33. The van der Waals surface area contributed by atoms with Crippen molar-refractivity contribution in [2.45, 2.75) is 36.0 Å². The SMILES string of the molecule is C[Si](C)(C)CNC(=O)C1=CC=C(C(Br)Br)C(C(F)(F)F)C1. The van der Waals surface area contributed by atoms with Gasteiger partial charge >= 0.3 is 6.18 Å². The fourth-order valence-electron chi connectivity index (χ4n) is 1.88. The smallest absolute Gasteiger partial charge is 0.355 e. The van der Waals surface area contributed by atoms with Crippen molar-refractivity contribution in [3.63, 3.8) is 0 Å². The van der Waals surface area contributed by atoms with Crippen molar-refractivity contribution in [3.8, 4) is 0 Å². The monoisotopic (exact) mass is 447 g/mol. The van der Waals surface area contributed by atoms with Crippen molar-refractivity contribution in [3.05, 3.63) is 23.3 Å². The van der Waals surface area contributed by atoms with Crippen molar-refractivity contribution in [2.75, 3.05) is 6.17 Å². The van der Waals surface area contributed by atoms with Crippen LogP contribution in [0, 0.1) is 5.92 Å². The minimum Gasteiger partial charge on any atom is -0.355 e. The van der Waals surface area contributed by atoms with Crippen LogP contribution >= 0.6 is 31.9 Å². The number of amides is 1. The molecule has 1 amide bonds. The van der Waals surface area contributed by atoms with Crippen LogP contribution in [0.2, 0.25) is 19.6 Å². The van der Waals surface area contributed by atoms with Gasteiger partial charge in [-0.05, 0) is 12.0 Å². The van der Waals surface area contributed by atoms with Gasteiger partial charge in [0.15, 0.2) is 0 Å². The molecule has 0 aromatic heterocycles. The van der Waals surface area contributed by atoms with E-state index in [0.717, 1.165) is 0 Å². The number of carbonyl (C=O) groups excluding carboxylic acids is 1. The largest absolute Gasteiger partial charge is 0.395 e. The number of hydrogen-bond acceptors (Lipinski definition) is 1. The van der Waals surface area contributed by atoms with Crippen LogP contribution in [-0.4, -0.2) is 30.1 Å². The van der Waals surface area contributed by atoms with Crippen molar-refractivity contribution >= 4 is 45.8 Å². The van der Waals surface area contributed by atoms with E-state index < -0.39 is 29.8 Å². The van der Waals surface area contributed by atoms with Gasteiger partial charge in [-0.15, -0.1) is 0 Å². The summed E-state index contributed by atoms with van der Waals surface area (Å²) < 4.78 is 38.8. The van der Waals surface area contributed by atoms with E-state index in [1.54, 1.807) is 0 Å². The molecule has 0 saturated carbocycles. The summed E-state index contributed by atoms with van der Waals surface area (Å²) >= 11 is 6.21. The van der Waals surface area contributed by atoms with Crippen LogP contribution in [0.4, 0.5) is 13.2 Å². The summed E-state index contributed by atoms with van der Waals surface area (Å²) in [5.74, 6) is -2.04. The molecule has 8 heteroatoms. The van der Waals surface area contributed by atoms with E-state index in [1.165, 1.54) is 12.2 Å². The fraction of sp³-hybridized carbons (Fsp3) is 0.615. The molecule has 0 fully saturated rings. The molecule has 120 valence electrons. The maximum absolute atomic E-state index is 13.1. The average molecular weight is 449 g/mol. The van der Waals surface area contributed by atoms with Gasteiger partial charge < -0.3 is 5.32 Å². The molecule has 21 heavy (non-hydrogen) atoms. The van der Waals surface area contributed by atoms with E-state index in [9.17, 15) is 18.0 Å². The Bertz CT molecular complexity index is 467. The molecular weight excluding hydrogens is 431 g/mol. The van der Waals surface area contributed by atoms with Gasteiger partial charge in [-0.1, -0.05) is 63.7 Å². The van der Waals surface area contributed by atoms with E-state index in [0.29, 0.717) is 6.17 Å². The van der Waals surface area contributed by atoms with E-state index in [1.807, 2.05) is 0 Å². The minimum absolute atomic E-state index is 0.181. The Morgan fingerprint density at radius 1 is 1.38 bits per heavy atom. The van der Waals surface area contributed by atoms with Gasteiger partial charge in [0.25, 0.3) is 0 Å². The first-order chi connectivity index (χ1) is 9.42. The summed E-state index contributed by atoms with van der Waals surface area (Å²) in [5.41, 5.74) is 0.365. The Balaban J connectivity index is 2.89. The molecule has 0 radical (unpaired) electrons. The molecular formula is C13H18Br2F3NOSi. The third kappa shape index (κ3) is 5.90. The van der Waals surface area contributed by atoms with E-state index in [4.69, 9.17) is 0 Å². The predicted octanol–water partition coefficient (Wildman–Crippen LogP) is 4.53. The van der Waals surface area contributed by atoms with Gasteiger partial charge in [0, 0.05) is 11.7 Å². The highest BCUT2D eigenvalue weighted by atomic mass is 79.9. The minimum atomic E-state index is -4.37. The highest BCUT2D eigenvalue weighted by Crippen LogP contribution is 2.42. The Morgan fingerprint density at radius 2 is 1.95 bits per heavy atom. The van der Waals surface area contributed by atoms with Crippen molar-refractivity contribution in [1.82, 2.24) is 5.32 Å². The lowest BCUT2D eigenvalue weighted by atomic mass is 9.87. The second-order valence-electron chi connectivity index (χ2n) is 6.20. The lowest BCUT2D eigenvalue weighted by Gasteiger charge is -2.28. The second-order valence-corrected chi connectivity index (χ2v) is 14.7. The molecule has 1 aliphatic carbocycles. The molecule has 1 atom stereocenters. The van der Waals surface area contributed by atoms with Crippen molar-refractivity contribution in [2.24, 2.45) is 5.92 Å². The quantitative estimate of drug-likeness (QED) is 0.496. The zero-order chi connectivity index (χ0) is 16.4. The molecule has 0 saturated heterocycles. The Kier molecular flexibility index (Phi) is 6.32. The summed E-state index contributed by atoms with van der Waals surface area (Å²) in [5, 5.41) is 2.74. The number of hydrogen-bond donors (Lipinski definition) is 1. The van der Waals surface area contributed by atoms with Crippen LogP contribution in [0.5, 0.6) is 0 Å². The summed E-state index contributed by atoms with van der Waals surface area (Å²) in [6.45, 7) is 6.25. The topological polar surface area (TPSA) is 29.1 Å². The molecule has 0 aromatic carbocycles. The van der Waals surface area contributed by atoms with E-state index in [2.05, 4.69) is 56.8 Å². The molecule has 2 nitrogen and oxygen atoms in total. The summed E-state index contributed by atoms with van der Waals surface area (Å²) in [4.78, 5) is 12.0. The van der Waals surface area contributed by atoms with Gasteiger partial charge in [0.2, 0.25) is 5.91 Å². The number of halogens is 5. The van der Waals surface area contributed by atoms with Crippen LogP contribution in [0.3, 0.4) is 0 Å². The van der Waals surface area contributed by atoms with Crippen molar-refractivity contribution in [1.29, 1.82) is 0 Å². The zero-order valence-electron chi connectivity index (χ0n) is 12.0. The molecule has 1 unspecified atom stereocenters. The maximum Gasteiger partial charge on any atom is 0.395 e. The molecule has 0 bridgehead atoms. The highest BCUT2D eigenvalue weighted by molar-refractivity contribution is 9.24. The van der Waals surface area contributed by atoms with E-state index >= 15 is 0 Å². The van der Waals surface area contributed by atoms with Crippen LogP contribution in [-0.2, 0) is 4.79 Å². The lowest BCUT2D eigenvalue weighted by molar-refractivity contribution is -0.164. The number of alkyl halides is 5. The van der Waals surface area contributed by atoms with Gasteiger partial charge in [-0.2, -0.15) is 13.2 Å². The van der Waals surface area contributed by atoms with Gasteiger partial charge in [0.1, 0.15) is 0 Å². The van der Waals surface area contributed by atoms with Gasteiger partial charge in [0.05, 0.1) is 17.7 Å². The van der Waals surface area contributed by atoms with Gasteiger partial charge in [-0.3, -0.25) is 4.79 Å². The molecule has 1 rings (SSSR count). The van der Waals surface area contributed by atoms with Crippen molar-refractivity contribution < 1.29 is 18.0 Å². The second kappa shape index (κ2) is 7.00. The summed E-state index contributed by atoms with van der Waals surface area (Å²) in [6.07, 6.45) is -1.29. The van der Waals surface area contributed by atoms with Crippen LogP contribution in [0.25, 0.3) is 0 Å². The van der Waals surface area contributed by atoms with Crippen LogP contribution < -0.4 is 5.32 Å². The highest BCUT2D eigenvalue weighted by Gasteiger charge is 2.45. The third-order valence-corrected chi connectivity index (χ3v) is 5.32. The third-order valence-electron chi connectivity index (χ3n) is 3.02. The molecule has 0 spiro atoms. The van der Waals surface area contributed by atoms with E-state index in [-0.39, 0.29) is 17.6 Å². The van der Waals surface area contributed by atoms with Gasteiger partial charge in [-0.25, -0.2) is 0 Å². The standard InChI is InChI=1S/C13H18Br2F3NOSi/c1-21(2,3)7-19-12(20)8-4-5-9(11(14)15)10(6-8)13(16,17)18/h4-5,10-11H,6-7H2,1-3H3,(H,19,20). The molecule has 0 aliphatic heterocycles. The Morgan fingerprint density at radius 3 is 2.38 bits per heavy atom. The number of nitrogens with one attached hydrogen (secondary N) is 1. The molecule has 0 aromatic rings. The fourth-order valence-corrected chi connectivity index (χ4v) is 3.51. The Hall–Kier alpha value is -0.0831. The molecule has 1 N–H and O–H groups in total. The molecule has 0 heterocycles. The summed E-state index contributed by atoms with van der Waals surface area (Å²) in [6, 6.07) is 0. The lowest BCUT2D eigenvalue weighted by Crippen LogP contribution is -2.41. The Labute approximate surface area is 140 Å². The van der Waals surface area contributed by atoms with Crippen LogP contribution in [0.15, 0.2) is 23.3 Å². The first-order valence-electron chi connectivity index (χ1n) is 6.45. The molecule has 1 aliphatic rings. The predicted molar refractivity (Wildman–Crippen MR) is 88.3 cm³/mol. The maximum atomic E-state index is 13.1. The summed E-state index contributed by atoms with van der Waals surface area (Å²) in [7, 11) is -1.48. The number of rotatable bonds is 4. The normalized spacial score (nSPS) is 20.1. The first kappa shape index (κ1) is 19.0. The van der Waals surface area contributed by atoms with Crippen LogP contribution in [0.1, 0.15) is 6.42 Å². The first-order valence-corrected chi connectivity index (χ1v) is 12.0. The zero-order valence-corrected chi connectivity index (χ0v) is 16.2. The number of allylic oxidation sites excluding steroid dienone is 3.